The van der Waals surface area contributed by atoms with Crippen molar-refractivity contribution in [2.75, 3.05) is 0 Å². The van der Waals surface area contributed by atoms with Gasteiger partial charge in [0.05, 0.1) is 22.3 Å². The second kappa shape index (κ2) is 5.27. The average molecular weight is 410 g/mol. The van der Waals surface area contributed by atoms with Gasteiger partial charge in [-0.1, -0.05) is 22.0 Å². The fourth-order valence-electron chi connectivity index (χ4n) is 2.37. The summed E-state index contributed by atoms with van der Waals surface area (Å²) in [4.78, 5) is 16.0. The number of benzene rings is 2. The fourth-order valence-corrected chi connectivity index (χ4v) is 3.14. The van der Waals surface area contributed by atoms with Crippen LogP contribution in [0, 0.1) is 6.92 Å². The summed E-state index contributed by atoms with van der Waals surface area (Å²) in [6.45, 7) is 1.86. The van der Waals surface area contributed by atoms with Crippen molar-refractivity contribution in [1.29, 1.82) is 0 Å². The van der Waals surface area contributed by atoms with Crippen LogP contribution in [0.15, 0.2) is 45.3 Å². The molecule has 3 aromatic rings. The van der Waals surface area contributed by atoms with Crippen molar-refractivity contribution in [3.63, 3.8) is 0 Å². The topological polar surface area (TPSA) is 55.1 Å². The summed E-state index contributed by atoms with van der Waals surface area (Å²) in [5.74, 6) is -0.231. The minimum atomic E-state index is -0.965. The number of hydrogen-bond donors (Lipinski definition) is 1. The van der Waals surface area contributed by atoms with Gasteiger partial charge in [-0.15, -0.1) is 0 Å². The van der Waals surface area contributed by atoms with Crippen LogP contribution in [0.4, 0.5) is 0 Å². The van der Waals surface area contributed by atoms with Crippen LogP contribution < -0.4 is 0 Å². The zero-order valence-electron chi connectivity index (χ0n) is 11.0. The molecule has 0 amide bonds. The Kier molecular flexibility index (Phi) is 3.59. The van der Waals surface area contributed by atoms with E-state index in [1.54, 1.807) is 12.1 Å². The summed E-state index contributed by atoms with van der Waals surface area (Å²) in [7, 11) is 0. The quantitative estimate of drug-likeness (QED) is 0.675. The van der Waals surface area contributed by atoms with Crippen molar-refractivity contribution in [3.8, 4) is 5.69 Å². The second-order valence-electron chi connectivity index (χ2n) is 4.57. The lowest BCUT2D eigenvalue weighted by molar-refractivity contribution is 0.0698. The molecule has 0 saturated carbocycles. The first-order valence-electron chi connectivity index (χ1n) is 6.16. The van der Waals surface area contributed by atoms with Crippen molar-refractivity contribution in [2.45, 2.75) is 6.92 Å². The number of imidazole rings is 1. The number of aromatic carboxylic acids is 1. The highest BCUT2D eigenvalue weighted by Gasteiger charge is 2.18. The van der Waals surface area contributed by atoms with E-state index in [1.807, 2.05) is 35.8 Å². The smallest absolute Gasteiger partial charge is 0.337 e. The molecule has 106 valence electrons. The van der Waals surface area contributed by atoms with E-state index in [0.29, 0.717) is 11.0 Å². The van der Waals surface area contributed by atoms with Crippen LogP contribution in [-0.4, -0.2) is 20.6 Å². The van der Waals surface area contributed by atoms with Gasteiger partial charge in [-0.25, -0.2) is 9.78 Å². The number of carboxylic acid groups (broad SMARTS) is 1. The first-order chi connectivity index (χ1) is 9.99. The zero-order valence-corrected chi connectivity index (χ0v) is 14.1. The summed E-state index contributed by atoms with van der Waals surface area (Å²) < 4.78 is 3.64. The van der Waals surface area contributed by atoms with Crippen molar-refractivity contribution in [3.05, 3.63) is 56.7 Å². The largest absolute Gasteiger partial charge is 0.478 e. The summed E-state index contributed by atoms with van der Waals surface area (Å²) in [6, 6.07) is 10.9. The molecule has 1 N–H and O–H groups in total. The van der Waals surface area contributed by atoms with Gasteiger partial charge in [-0.05, 0) is 53.2 Å². The molecule has 0 fully saturated rings. The third-order valence-corrected chi connectivity index (χ3v) is 4.39. The first-order valence-corrected chi connectivity index (χ1v) is 7.74. The third-order valence-electron chi connectivity index (χ3n) is 3.22. The maximum Gasteiger partial charge on any atom is 0.337 e. The molecule has 0 bridgehead atoms. The number of aromatic nitrogens is 2. The standard InChI is InChI=1S/C15H10Br2N2O2/c1-8-18-12-4-2-3-10(15(20)21)14(12)19(8)13-7-9(16)5-6-11(13)17/h2-7H,1H3,(H,20,21). The molecule has 3 rings (SSSR count). The molecule has 2 aromatic carbocycles. The molecule has 0 aliphatic heterocycles. The van der Waals surface area contributed by atoms with E-state index in [9.17, 15) is 9.90 Å². The highest BCUT2D eigenvalue weighted by Crippen LogP contribution is 2.31. The summed E-state index contributed by atoms with van der Waals surface area (Å²) in [5, 5.41) is 9.43. The van der Waals surface area contributed by atoms with Crippen LogP contribution in [-0.2, 0) is 0 Å². The van der Waals surface area contributed by atoms with Gasteiger partial charge in [-0.3, -0.25) is 4.57 Å². The summed E-state index contributed by atoms with van der Waals surface area (Å²) in [6.07, 6.45) is 0. The Morgan fingerprint density at radius 3 is 2.71 bits per heavy atom. The molecule has 0 radical (unpaired) electrons. The molecule has 0 spiro atoms. The van der Waals surface area contributed by atoms with Crippen molar-refractivity contribution in [1.82, 2.24) is 9.55 Å². The molecule has 4 nitrogen and oxygen atoms in total. The number of halogens is 2. The van der Waals surface area contributed by atoms with Gasteiger partial charge in [0.2, 0.25) is 0 Å². The monoisotopic (exact) mass is 408 g/mol. The van der Waals surface area contributed by atoms with Gasteiger partial charge < -0.3 is 5.11 Å². The van der Waals surface area contributed by atoms with Gasteiger partial charge in [0.1, 0.15) is 5.82 Å². The number of carbonyl (C=O) groups is 1. The Balaban J connectivity index is 2.44. The predicted octanol–water partition coefficient (Wildman–Crippen LogP) is 4.56. The number of carboxylic acids is 1. The van der Waals surface area contributed by atoms with E-state index in [4.69, 9.17) is 0 Å². The number of fused-ring (bicyclic) bond motifs is 1. The maximum atomic E-state index is 11.5. The van der Waals surface area contributed by atoms with Crippen LogP contribution in [0.3, 0.4) is 0 Å². The lowest BCUT2D eigenvalue weighted by Gasteiger charge is -2.11. The normalized spacial score (nSPS) is 11.0. The molecular formula is C15H10Br2N2O2. The summed E-state index contributed by atoms with van der Waals surface area (Å²) >= 11 is 6.96. The highest BCUT2D eigenvalue weighted by molar-refractivity contribution is 9.11. The molecule has 1 aromatic heterocycles. The molecule has 0 aliphatic rings. The van der Waals surface area contributed by atoms with Gasteiger partial charge in [0.15, 0.2) is 0 Å². The van der Waals surface area contributed by atoms with Crippen LogP contribution in [0.1, 0.15) is 16.2 Å². The molecule has 21 heavy (non-hydrogen) atoms. The molecule has 1 heterocycles. The molecule has 0 aliphatic carbocycles. The minimum Gasteiger partial charge on any atom is -0.478 e. The lowest BCUT2D eigenvalue weighted by atomic mass is 10.1. The first kappa shape index (κ1) is 14.3. The number of aryl methyl sites for hydroxylation is 1. The van der Waals surface area contributed by atoms with Gasteiger partial charge in [-0.2, -0.15) is 0 Å². The maximum absolute atomic E-state index is 11.5. The van der Waals surface area contributed by atoms with E-state index < -0.39 is 5.97 Å². The highest BCUT2D eigenvalue weighted by atomic mass is 79.9. The third kappa shape index (κ3) is 2.38. The lowest BCUT2D eigenvalue weighted by Crippen LogP contribution is -2.04. The van der Waals surface area contributed by atoms with E-state index in [1.165, 1.54) is 0 Å². The van der Waals surface area contributed by atoms with Crippen LogP contribution in [0.2, 0.25) is 0 Å². The summed E-state index contributed by atoms with van der Waals surface area (Å²) in [5.41, 5.74) is 2.35. The molecule has 0 saturated heterocycles. The number of hydrogen-bond acceptors (Lipinski definition) is 2. The van der Waals surface area contributed by atoms with Crippen molar-refractivity contribution < 1.29 is 9.90 Å². The predicted molar refractivity (Wildman–Crippen MR) is 88.2 cm³/mol. The number of para-hydroxylation sites is 1. The fraction of sp³-hybridized carbons (Fsp3) is 0.0667. The average Bonchev–Trinajstić information content (AvgIpc) is 2.77. The molecular weight excluding hydrogens is 400 g/mol. The second-order valence-corrected chi connectivity index (χ2v) is 6.34. The number of rotatable bonds is 2. The Morgan fingerprint density at radius 1 is 1.24 bits per heavy atom. The van der Waals surface area contributed by atoms with Crippen LogP contribution >= 0.6 is 31.9 Å². The van der Waals surface area contributed by atoms with Crippen molar-refractivity contribution in [2.24, 2.45) is 0 Å². The SMILES string of the molecule is Cc1nc2cccc(C(=O)O)c2n1-c1cc(Br)ccc1Br. The van der Waals surface area contributed by atoms with Crippen LogP contribution in [0.25, 0.3) is 16.7 Å². The van der Waals surface area contributed by atoms with E-state index >= 15 is 0 Å². The van der Waals surface area contributed by atoms with Gasteiger partial charge in [0.25, 0.3) is 0 Å². The zero-order chi connectivity index (χ0) is 15.1. The number of nitrogens with zero attached hydrogens (tertiary/aromatic N) is 2. The Morgan fingerprint density at radius 2 is 2.00 bits per heavy atom. The van der Waals surface area contributed by atoms with Gasteiger partial charge in [0, 0.05) is 8.95 Å². The molecule has 0 unspecified atom stereocenters. The van der Waals surface area contributed by atoms with E-state index in [0.717, 1.165) is 20.5 Å². The van der Waals surface area contributed by atoms with E-state index in [2.05, 4.69) is 36.8 Å². The van der Waals surface area contributed by atoms with Crippen LogP contribution in [0.5, 0.6) is 0 Å². The minimum absolute atomic E-state index is 0.236. The Hall–Kier alpha value is -1.66. The molecule has 0 atom stereocenters. The van der Waals surface area contributed by atoms with E-state index in [-0.39, 0.29) is 5.56 Å². The van der Waals surface area contributed by atoms with Gasteiger partial charge >= 0.3 is 5.97 Å². The Bertz CT molecular complexity index is 871. The Labute approximate surface area is 137 Å². The van der Waals surface area contributed by atoms with Crippen molar-refractivity contribution >= 4 is 48.9 Å². The molecule has 6 heteroatoms.